The van der Waals surface area contributed by atoms with Crippen LogP contribution in [0.5, 0.6) is 5.75 Å². The molecule has 0 bridgehead atoms. The molecular weight excluding hydrogens is 1020 g/mol. The van der Waals surface area contributed by atoms with Gasteiger partial charge in [0, 0.05) is 19.5 Å². The minimum absolute atomic E-state index is 0.0110. The number of guanidine groups is 2. The highest BCUT2D eigenvalue weighted by molar-refractivity contribution is 5.98. The van der Waals surface area contributed by atoms with Crippen LogP contribution in [-0.4, -0.2) is 138 Å². The number of aromatic hydroxyl groups is 1. The summed E-state index contributed by atoms with van der Waals surface area (Å²) in [6.07, 6.45) is 7.80. The fourth-order valence-electron chi connectivity index (χ4n) is 8.07. The summed E-state index contributed by atoms with van der Waals surface area (Å²) in [5.41, 5.74) is 34.2. The van der Waals surface area contributed by atoms with Crippen molar-refractivity contribution in [2.24, 2.45) is 44.4 Å². The quantitative estimate of drug-likeness (QED) is 0.0219. The number of nitrogens with two attached hydrogens (primary N) is 6. The molecule has 0 fully saturated rings. The number of unbranched alkanes of at least 4 members (excludes halogenated alkanes) is 5. The van der Waals surface area contributed by atoms with Crippen LogP contribution >= 0.6 is 0 Å². The molecule has 26 heteroatoms. The maximum atomic E-state index is 14.3. The smallest absolute Gasteiger partial charge is 0.243 e. The van der Waals surface area contributed by atoms with Crippen LogP contribution < -0.4 is 76.9 Å². The Hall–Kier alpha value is -7.25. The number of hydrogen-bond donors (Lipinski definition) is 15. The van der Waals surface area contributed by atoms with Crippen molar-refractivity contribution in [3.05, 3.63) is 29.8 Å². The Morgan fingerprint density at radius 2 is 0.747 bits per heavy atom. The van der Waals surface area contributed by atoms with Crippen LogP contribution in [0.3, 0.4) is 0 Å². The fraction of sp³-hybridized carbons (Fsp3) is 0.679. The Morgan fingerprint density at radius 1 is 0.430 bits per heavy atom. The number of primary amides is 1. The van der Waals surface area contributed by atoms with Crippen LogP contribution in [0.1, 0.15) is 162 Å². The minimum Gasteiger partial charge on any atom is -0.508 e. The fourth-order valence-corrected chi connectivity index (χ4v) is 8.07. The molecule has 1 aromatic rings. The second-order valence-corrected chi connectivity index (χ2v) is 19.7. The van der Waals surface area contributed by atoms with Crippen molar-refractivity contribution in [1.82, 2.24) is 42.5 Å². The predicted octanol–water partition coefficient (Wildman–Crippen LogP) is -0.685. The summed E-state index contributed by atoms with van der Waals surface area (Å²) in [6, 6.07) is -2.96. The third-order valence-corrected chi connectivity index (χ3v) is 12.8. The topological polar surface area (TPSA) is 451 Å². The summed E-state index contributed by atoms with van der Waals surface area (Å²) in [6.45, 7) is 9.35. The van der Waals surface area contributed by atoms with Gasteiger partial charge in [-0.25, -0.2) is 0 Å². The van der Waals surface area contributed by atoms with Gasteiger partial charge in [-0.1, -0.05) is 111 Å². The average Bonchev–Trinajstić information content (AvgIpc) is 3.41. The number of benzene rings is 1. The molecule has 1 aromatic carbocycles. The van der Waals surface area contributed by atoms with Gasteiger partial charge < -0.3 is 82.0 Å². The molecule has 0 aliphatic carbocycles. The largest absolute Gasteiger partial charge is 0.508 e. The highest BCUT2D eigenvalue weighted by atomic mass is 16.3. The molecule has 8 atom stereocenters. The molecule has 79 heavy (non-hydrogen) atoms. The van der Waals surface area contributed by atoms with E-state index in [2.05, 4.69) is 52.5 Å². The lowest BCUT2D eigenvalue weighted by Crippen LogP contribution is -2.60. The Bertz CT molecular complexity index is 2120. The summed E-state index contributed by atoms with van der Waals surface area (Å²) in [4.78, 5) is 131. The molecule has 9 amide bonds. The Balaban J connectivity index is 3.37. The first-order chi connectivity index (χ1) is 37.6. The normalized spacial score (nSPS) is 13.9. The molecule has 446 valence electrons. The molecule has 0 spiro atoms. The van der Waals surface area contributed by atoms with E-state index in [1.165, 1.54) is 12.1 Å². The van der Waals surface area contributed by atoms with Crippen LogP contribution in [-0.2, 0) is 49.6 Å². The maximum Gasteiger partial charge on any atom is 0.243 e. The zero-order chi connectivity index (χ0) is 59.3. The van der Waals surface area contributed by atoms with Gasteiger partial charge in [-0.2, -0.15) is 0 Å². The minimum atomic E-state index is -1.26. The van der Waals surface area contributed by atoms with Crippen molar-refractivity contribution >= 4 is 65.1 Å². The summed E-state index contributed by atoms with van der Waals surface area (Å²) in [5.74, 6) is -6.41. The number of carbonyl (C=O) groups is 9. The number of hydrogen-bond acceptors (Lipinski definition) is 13. The van der Waals surface area contributed by atoms with Crippen LogP contribution in [0, 0.1) is 0 Å². The van der Waals surface area contributed by atoms with Gasteiger partial charge in [0.2, 0.25) is 53.2 Å². The molecule has 0 heterocycles. The highest BCUT2D eigenvalue weighted by Gasteiger charge is 2.34. The van der Waals surface area contributed by atoms with Crippen LogP contribution in [0.25, 0.3) is 0 Å². The number of rotatable bonds is 42. The monoisotopic (exact) mass is 1110 g/mol. The van der Waals surface area contributed by atoms with E-state index in [-0.39, 0.29) is 88.5 Å². The number of carbonyl (C=O) groups excluding carboxylic acids is 9. The van der Waals surface area contributed by atoms with Crippen molar-refractivity contribution < 1.29 is 48.3 Å². The van der Waals surface area contributed by atoms with E-state index in [0.717, 1.165) is 0 Å². The highest BCUT2D eigenvalue weighted by Crippen LogP contribution is 2.13. The lowest BCUT2D eigenvalue weighted by molar-refractivity contribution is -0.136. The van der Waals surface area contributed by atoms with Crippen molar-refractivity contribution in [1.29, 1.82) is 0 Å². The summed E-state index contributed by atoms with van der Waals surface area (Å²) >= 11 is 0. The Labute approximate surface area is 465 Å². The summed E-state index contributed by atoms with van der Waals surface area (Å²) < 4.78 is 0. The number of aliphatic imine (C=N–C) groups is 2. The molecule has 0 radical (unpaired) electrons. The van der Waals surface area contributed by atoms with E-state index in [1.54, 1.807) is 12.1 Å². The Kier molecular flexibility index (Phi) is 35.3. The van der Waals surface area contributed by atoms with Gasteiger partial charge in [-0.3, -0.25) is 53.1 Å². The number of phenols is 1. The summed E-state index contributed by atoms with van der Waals surface area (Å²) in [7, 11) is 0. The third-order valence-electron chi connectivity index (χ3n) is 12.8. The van der Waals surface area contributed by atoms with E-state index in [4.69, 9.17) is 34.4 Å². The first-order valence-electron chi connectivity index (χ1n) is 27.9. The molecule has 0 aliphatic heterocycles. The summed E-state index contributed by atoms with van der Waals surface area (Å²) in [5, 5.41) is 31.2. The molecule has 0 saturated heterocycles. The van der Waals surface area contributed by atoms with Crippen molar-refractivity contribution in [3.63, 3.8) is 0 Å². The van der Waals surface area contributed by atoms with E-state index >= 15 is 0 Å². The maximum absolute atomic E-state index is 14.3. The van der Waals surface area contributed by atoms with Gasteiger partial charge in [0.25, 0.3) is 0 Å². The first kappa shape index (κ1) is 69.8. The van der Waals surface area contributed by atoms with Gasteiger partial charge in [-0.05, 0) is 75.5 Å². The number of nitrogens with zero attached hydrogens (tertiary/aromatic N) is 2. The predicted molar refractivity (Wildman–Crippen MR) is 303 cm³/mol. The zero-order valence-corrected chi connectivity index (χ0v) is 47.2. The van der Waals surface area contributed by atoms with Gasteiger partial charge in [-0.15, -0.1) is 0 Å². The van der Waals surface area contributed by atoms with E-state index in [1.807, 2.05) is 34.6 Å². The number of phenolic OH excluding ortho intramolecular Hbond substituents is 1. The van der Waals surface area contributed by atoms with Gasteiger partial charge in [0.15, 0.2) is 11.9 Å². The second-order valence-electron chi connectivity index (χ2n) is 19.7. The van der Waals surface area contributed by atoms with Crippen LogP contribution in [0.2, 0.25) is 0 Å². The molecule has 0 unspecified atom stereocenters. The number of amides is 9. The molecule has 0 saturated carbocycles. The third kappa shape index (κ3) is 29.9. The van der Waals surface area contributed by atoms with Gasteiger partial charge in [0.05, 0.1) is 12.6 Å². The van der Waals surface area contributed by atoms with E-state index in [9.17, 15) is 48.3 Å². The lowest BCUT2D eigenvalue weighted by Gasteiger charge is -2.28. The van der Waals surface area contributed by atoms with E-state index in [0.29, 0.717) is 76.2 Å². The molecular formula is C53H94N16O10. The van der Waals surface area contributed by atoms with Crippen LogP contribution in [0.4, 0.5) is 0 Å². The molecule has 26 nitrogen and oxygen atoms in total. The molecule has 0 aliphatic rings. The first-order valence-corrected chi connectivity index (χ1v) is 27.9. The lowest BCUT2D eigenvalue weighted by atomic mass is 10.0. The zero-order valence-electron chi connectivity index (χ0n) is 47.2. The average molecular weight is 1120 g/mol. The standard InChI is InChI=1S/C53H94N16O10/c1-6-11-19-36(46(74)62-32-43(71)63-42(44(55)72)31-33-25-27-34(70)28-26-33)65-48(76)38(21-13-8-3)67-49(77)39(22-14-9-4)68-51(79)41(24-17-30-61-53(58)59)69-50(78)40(23-15-10-5)66-47(75)37(20-12-7-2)64-45(73)35(54)18-16-29-60-52(56)57/h25-28,35-42,70H,6-24,29-32,54H2,1-5H3,(H2,55,72)(H,62,74)(H,63,71)(H,64,73)(H,65,76)(H,66,75)(H,67,77)(H,68,79)(H,69,78)(H4,56,57,60)(H4,58,59,61)/t35-,36-,37-,38-,39-,40-,41-,42-/m1/s1. The van der Waals surface area contributed by atoms with Crippen molar-refractivity contribution in [3.8, 4) is 5.75 Å². The van der Waals surface area contributed by atoms with Crippen LogP contribution in [0.15, 0.2) is 34.3 Å². The molecule has 1 rings (SSSR count). The number of nitrogens with one attached hydrogen (secondary N) is 8. The van der Waals surface area contributed by atoms with Crippen molar-refractivity contribution in [2.45, 2.75) is 211 Å². The molecule has 0 aromatic heterocycles. The van der Waals surface area contributed by atoms with Gasteiger partial charge in [0.1, 0.15) is 48.0 Å². The van der Waals surface area contributed by atoms with Crippen molar-refractivity contribution in [2.75, 3.05) is 19.6 Å². The van der Waals surface area contributed by atoms with E-state index < -0.39 is 108 Å². The van der Waals surface area contributed by atoms with Gasteiger partial charge >= 0.3 is 0 Å². The molecule has 21 N–H and O–H groups in total. The second kappa shape index (κ2) is 40.0. The Morgan fingerprint density at radius 3 is 1.08 bits per heavy atom. The SMILES string of the molecule is CCCC[C@@H](NC(=O)[C@H](N)CCCN=C(N)N)C(=O)N[C@H](CCCC)C(=O)N[C@H](CCCN=C(N)N)C(=O)N[C@H](CCCC)C(=O)N[C@H](CCCC)C(=O)N[C@H](CCCC)C(=O)NCC(=O)N[C@H](Cc1ccc(O)cc1)C(N)=O.